The summed E-state index contributed by atoms with van der Waals surface area (Å²) in [7, 11) is 0. The lowest BCUT2D eigenvalue weighted by atomic mass is 10.1. The van der Waals surface area contributed by atoms with Gasteiger partial charge in [0.15, 0.2) is 0 Å². The normalized spacial score (nSPS) is 15.6. The first-order valence-corrected chi connectivity index (χ1v) is 7.02. The Labute approximate surface area is 116 Å². The van der Waals surface area contributed by atoms with Gasteiger partial charge in [-0.1, -0.05) is 19.4 Å². The first-order valence-electron chi connectivity index (χ1n) is 7.02. The summed E-state index contributed by atoms with van der Waals surface area (Å²) in [5.74, 6) is 0.0451. The number of amides is 1. The van der Waals surface area contributed by atoms with E-state index in [4.69, 9.17) is 0 Å². The minimum Gasteiger partial charge on any atom is -0.352 e. The highest BCUT2D eigenvalue weighted by Gasteiger charge is 2.17. The van der Waals surface area contributed by atoms with Crippen molar-refractivity contribution in [1.82, 2.24) is 15.6 Å². The molecular weight excluding hydrogens is 238 g/mol. The lowest BCUT2D eigenvalue weighted by Crippen LogP contribution is -2.46. The van der Waals surface area contributed by atoms with Crippen LogP contribution in [0.2, 0.25) is 0 Å². The SMILES string of the molecule is CCCC(C)NC(=O)C(C)N[C@@H](C)c1ccccn1. The average molecular weight is 263 g/mol. The lowest BCUT2D eigenvalue weighted by Gasteiger charge is -2.21. The summed E-state index contributed by atoms with van der Waals surface area (Å²) in [4.78, 5) is 16.3. The third-order valence-electron chi connectivity index (χ3n) is 3.14. The molecule has 0 aliphatic rings. The fourth-order valence-electron chi connectivity index (χ4n) is 2.04. The Bertz CT molecular complexity index is 380. The highest BCUT2D eigenvalue weighted by molar-refractivity contribution is 5.81. The molecule has 1 amide bonds. The molecule has 3 atom stereocenters. The molecule has 0 aliphatic carbocycles. The maximum absolute atomic E-state index is 12.0. The second-order valence-electron chi connectivity index (χ2n) is 5.06. The molecule has 2 N–H and O–H groups in total. The molecule has 1 rings (SSSR count). The molecule has 2 unspecified atom stereocenters. The lowest BCUT2D eigenvalue weighted by molar-refractivity contribution is -0.123. The number of pyridine rings is 1. The van der Waals surface area contributed by atoms with E-state index in [0.29, 0.717) is 0 Å². The number of hydrogen-bond acceptors (Lipinski definition) is 3. The number of hydrogen-bond donors (Lipinski definition) is 2. The summed E-state index contributed by atoms with van der Waals surface area (Å²) in [6.45, 7) is 8.05. The number of nitrogens with zero attached hydrogens (tertiary/aromatic N) is 1. The van der Waals surface area contributed by atoms with Crippen LogP contribution in [0, 0.1) is 0 Å². The molecule has 0 aromatic carbocycles. The van der Waals surface area contributed by atoms with Crippen molar-refractivity contribution in [2.24, 2.45) is 0 Å². The average Bonchev–Trinajstić information content (AvgIpc) is 2.39. The van der Waals surface area contributed by atoms with Gasteiger partial charge in [-0.2, -0.15) is 0 Å². The van der Waals surface area contributed by atoms with Crippen LogP contribution in [-0.2, 0) is 4.79 Å². The molecule has 0 aliphatic heterocycles. The summed E-state index contributed by atoms with van der Waals surface area (Å²) in [5, 5.41) is 6.28. The minimum absolute atomic E-state index is 0.0451. The molecule has 4 nitrogen and oxygen atoms in total. The van der Waals surface area contributed by atoms with Gasteiger partial charge in [0.2, 0.25) is 5.91 Å². The van der Waals surface area contributed by atoms with Gasteiger partial charge in [-0.3, -0.25) is 15.1 Å². The van der Waals surface area contributed by atoms with Gasteiger partial charge in [-0.15, -0.1) is 0 Å². The van der Waals surface area contributed by atoms with E-state index >= 15 is 0 Å². The van der Waals surface area contributed by atoms with Crippen LogP contribution in [0.1, 0.15) is 52.3 Å². The third-order valence-corrected chi connectivity index (χ3v) is 3.14. The standard InChI is InChI=1S/C15H25N3O/c1-5-8-11(2)17-15(19)13(4)18-12(3)14-9-6-7-10-16-14/h6-7,9-13,18H,5,8H2,1-4H3,(H,17,19)/t11?,12-,13?/m0/s1. The smallest absolute Gasteiger partial charge is 0.237 e. The first-order chi connectivity index (χ1) is 9.04. The molecule has 0 bridgehead atoms. The van der Waals surface area contributed by atoms with Crippen LogP contribution < -0.4 is 10.6 Å². The van der Waals surface area contributed by atoms with Crippen LogP contribution in [-0.4, -0.2) is 23.0 Å². The summed E-state index contributed by atoms with van der Waals surface area (Å²) in [6, 6.07) is 5.86. The first kappa shape index (κ1) is 15.6. The van der Waals surface area contributed by atoms with E-state index in [9.17, 15) is 4.79 Å². The Morgan fingerprint density at radius 2 is 2.05 bits per heavy atom. The van der Waals surface area contributed by atoms with Gasteiger partial charge in [0, 0.05) is 18.3 Å². The van der Waals surface area contributed by atoms with Gasteiger partial charge in [-0.05, 0) is 39.3 Å². The van der Waals surface area contributed by atoms with Gasteiger partial charge in [0.25, 0.3) is 0 Å². The minimum atomic E-state index is -0.226. The Morgan fingerprint density at radius 3 is 2.63 bits per heavy atom. The summed E-state index contributed by atoms with van der Waals surface area (Å²) in [5.41, 5.74) is 0.948. The fourth-order valence-corrected chi connectivity index (χ4v) is 2.04. The van der Waals surface area contributed by atoms with E-state index < -0.39 is 0 Å². The molecule has 1 heterocycles. The van der Waals surface area contributed by atoms with Crippen molar-refractivity contribution in [3.63, 3.8) is 0 Å². The van der Waals surface area contributed by atoms with E-state index in [1.807, 2.05) is 39.0 Å². The number of carbonyl (C=O) groups excluding carboxylic acids is 1. The maximum atomic E-state index is 12.0. The Balaban J connectivity index is 2.45. The molecule has 4 heteroatoms. The monoisotopic (exact) mass is 263 g/mol. The van der Waals surface area contributed by atoms with Crippen LogP contribution in [0.15, 0.2) is 24.4 Å². The highest BCUT2D eigenvalue weighted by Crippen LogP contribution is 2.09. The Hall–Kier alpha value is -1.42. The summed E-state index contributed by atoms with van der Waals surface area (Å²) >= 11 is 0. The zero-order valence-electron chi connectivity index (χ0n) is 12.3. The molecule has 0 fully saturated rings. The van der Waals surface area contributed by atoms with Gasteiger partial charge in [-0.25, -0.2) is 0 Å². The molecular formula is C15H25N3O. The van der Waals surface area contributed by atoms with Gasteiger partial charge in [0.05, 0.1) is 11.7 Å². The van der Waals surface area contributed by atoms with Crippen molar-refractivity contribution in [3.8, 4) is 0 Å². The van der Waals surface area contributed by atoms with Crippen molar-refractivity contribution in [2.45, 2.75) is 58.7 Å². The number of rotatable bonds is 7. The predicted molar refractivity (Wildman–Crippen MR) is 77.8 cm³/mol. The van der Waals surface area contributed by atoms with Crippen molar-refractivity contribution in [2.75, 3.05) is 0 Å². The summed E-state index contributed by atoms with van der Waals surface area (Å²) < 4.78 is 0. The molecule has 0 saturated carbocycles. The zero-order valence-corrected chi connectivity index (χ0v) is 12.3. The van der Waals surface area contributed by atoms with Crippen molar-refractivity contribution in [1.29, 1.82) is 0 Å². The van der Waals surface area contributed by atoms with E-state index in [1.54, 1.807) is 6.20 Å². The molecule has 106 valence electrons. The molecule has 19 heavy (non-hydrogen) atoms. The zero-order chi connectivity index (χ0) is 14.3. The molecule has 1 aromatic rings. The molecule has 0 saturated heterocycles. The van der Waals surface area contributed by atoms with Gasteiger partial charge in [0.1, 0.15) is 0 Å². The van der Waals surface area contributed by atoms with Crippen LogP contribution in [0.3, 0.4) is 0 Å². The van der Waals surface area contributed by atoms with Crippen molar-refractivity contribution >= 4 is 5.91 Å². The fraction of sp³-hybridized carbons (Fsp3) is 0.600. The quantitative estimate of drug-likeness (QED) is 0.794. The largest absolute Gasteiger partial charge is 0.352 e. The number of carbonyl (C=O) groups is 1. The third kappa shape index (κ3) is 5.39. The van der Waals surface area contributed by atoms with Crippen molar-refractivity contribution < 1.29 is 4.79 Å². The summed E-state index contributed by atoms with van der Waals surface area (Å²) in [6.07, 6.45) is 3.85. The molecule has 1 aromatic heterocycles. The van der Waals surface area contributed by atoms with Crippen LogP contribution in [0.5, 0.6) is 0 Å². The topological polar surface area (TPSA) is 54.0 Å². The maximum Gasteiger partial charge on any atom is 0.237 e. The van der Waals surface area contributed by atoms with Gasteiger partial charge < -0.3 is 5.32 Å². The number of nitrogens with one attached hydrogen (secondary N) is 2. The van der Waals surface area contributed by atoms with Crippen LogP contribution in [0.25, 0.3) is 0 Å². The van der Waals surface area contributed by atoms with E-state index in [-0.39, 0.29) is 24.0 Å². The van der Waals surface area contributed by atoms with Crippen molar-refractivity contribution in [3.05, 3.63) is 30.1 Å². The Kier molecular flexibility index (Phi) is 6.50. The molecule has 0 spiro atoms. The molecule has 0 radical (unpaired) electrons. The highest BCUT2D eigenvalue weighted by atomic mass is 16.2. The van der Waals surface area contributed by atoms with E-state index in [0.717, 1.165) is 18.5 Å². The second-order valence-corrected chi connectivity index (χ2v) is 5.06. The van der Waals surface area contributed by atoms with E-state index in [2.05, 4.69) is 22.5 Å². The Morgan fingerprint density at radius 1 is 1.32 bits per heavy atom. The van der Waals surface area contributed by atoms with Gasteiger partial charge >= 0.3 is 0 Å². The number of aromatic nitrogens is 1. The van der Waals surface area contributed by atoms with E-state index in [1.165, 1.54) is 0 Å². The van der Waals surface area contributed by atoms with Crippen LogP contribution >= 0.6 is 0 Å². The van der Waals surface area contributed by atoms with Crippen LogP contribution in [0.4, 0.5) is 0 Å². The second kappa shape index (κ2) is 7.89. The predicted octanol–water partition coefficient (Wildman–Crippen LogP) is 2.43.